The zero-order chi connectivity index (χ0) is 12.5. The number of amides is 1. The lowest BCUT2D eigenvalue weighted by Gasteiger charge is -2.05. The highest BCUT2D eigenvalue weighted by Gasteiger charge is 2.00. The van der Waals surface area contributed by atoms with E-state index in [-0.39, 0.29) is 11.7 Å². The molecule has 1 aromatic carbocycles. The quantitative estimate of drug-likeness (QED) is 0.707. The fraction of sp³-hybridized carbons (Fsp3) is 0.462. The predicted octanol–water partition coefficient (Wildman–Crippen LogP) is 1.48. The lowest BCUT2D eigenvalue weighted by atomic mass is 10.1. The first-order valence-electron chi connectivity index (χ1n) is 5.94. The molecule has 0 saturated heterocycles. The van der Waals surface area contributed by atoms with Crippen molar-refractivity contribution in [3.63, 3.8) is 0 Å². The number of hydrogen-bond acceptors (Lipinski definition) is 2. The first-order chi connectivity index (χ1) is 8.22. The Morgan fingerprint density at radius 3 is 2.88 bits per heavy atom. The summed E-state index contributed by atoms with van der Waals surface area (Å²) >= 11 is 0. The van der Waals surface area contributed by atoms with Gasteiger partial charge in [-0.05, 0) is 30.7 Å². The van der Waals surface area contributed by atoms with Gasteiger partial charge in [-0.2, -0.15) is 0 Å². The zero-order valence-corrected chi connectivity index (χ0v) is 10.1. The van der Waals surface area contributed by atoms with Crippen molar-refractivity contribution in [3.8, 4) is 0 Å². The van der Waals surface area contributed by atoms with Crippen LogP contribution in [0.15, 0.2) is 24.3 Å². The third kappa shape index (κ3) is 6.02. The van der Waals surface area contributed by atoms with E-state index in [4.69, 9.17) is 0 Å². The Morgan fingerprint density at radius 1 is 1.35 bits per heavy atom. The SMILES string of the molecule is CCNCCC(=O)NCCc1cccc(F)c1. The molecule has 0 aliphatic rings. The number of halogens is 1. The Balaban J connectivity index is 2.17. The smallest absolute Gasteiger partial charge is 0.221 e. The van der Waals surface area contributed by atoms with Crippen LogP contribution in [0.4, 0.5) is 4.39 Å². The predicted molar refractivity (Wildman–Crippen MR) is 66.3 cm³/mol. The molecule has 0 heterocycles. The zero-order valence-electron chi connectivity index (χ0n) is 10.1. The van der Waals surface area contributed by atoms with Gasteiger partial charge in [-0.25, -0.2) is 4.39 Å². The third-order valence-corrected chi connectivity index (χ3v) is 2.40. The molecule has 2 N–H and O–H groups in total. The van der Waals surface area contributed by atoms with E-state index in [1.807, 2.05) is 13.0 Å². The molecule has 0 unspecified atom stereocenters. The van der Waals surface area contributed by atoms with Crippen LogP contribution < -0.4 is 10.6 Å². The molecule has 1 amide bonds. The standard InChI is InChI=1S/C13H19FN2O/c1-2-15-8-7-13(17)16-9-6-11-4-3-5-12(14)10-11/h3-5,10,15H,2,6-9H2,1H3,(H,16,17). The van der Waals surface area contributed by atoms with Crippen molar-refractivity contribution in [2.75, 3.05) is 19.6 Å². The Hall–Kier alpha value is -1.42. The molecule has 94 valence electrons. The van der Waals surface area contributed by atoms with Crippen LogP contribution in [0.25, 0.3) is 0 Å². The fourth-order valence-electron chi connectivity index (χ4n) is 1.51. The van der Waals surface area contributed by atoms with Gasteiger partial charge in [0.1, 0.15) is 5.82 Å². The largest absolute Gasteiger partial charge is 0.356 e. The van der Waals surface area contributed by atoms with Crippen LogP contribution in [-0.4, -0.2) is 25.5 Å². The van der Waals surface area contributed by atoms with E-state index >= 15 is 0 Å². The highest BCUT2D eigenvalue weighted by atomic mass is 19.1. The Kier molecular flexibility index (Phi) is 6.25. The average Bonchev–Trinajstić information content (AvgIpc) is 2.29. The van der Waals surface area contributed by atoms with Gasteiger partial charge in [0.05, 0.1) is 0 Å². The summed E-state index contributed by atoms with van der Waals surface area (Å²) in [5, 5.41) is 5.89. The second-order valence-electron chi connectivity index (χ2n) is 3.83. The van der Waals surface area contributed by atoms with E-state index in [9.17, 15) is 9.18 Å². The van der Waals surface area contributed by atoms with Gasteiger partial charge in [0.15, 0.2) is 0 Å². The first-order valence-corrected chi connectivity index (χ1v) is 5.94. The molecule has 0 bridgehead atoms. The maximum Gasteiger partial charge on any atom is 0.221 e. The molecular weight excluding hydrogens is 219 g/mol. The second kappa shape index (κ2) is 7.79. The molecule has 0 fully saturated rings. The van der Waals surface area contributed by atoms with Crippen LogP contribution >= 0.6 is 0 Å². The van der Waals surface area contributed by atoms with Crippen molar-refractivity contribution >= 4 is 5.91 Å². The molecule has 1 rings (SSSR count). The summed E-state index contributed by atoms with van der Waals surface area (Å²) in [5.74, 6) is -0.205. The van der Waals surface area contributed by atoms with Gasteiger partial charge in [0, 0.05) is 19.5 Å². The lowest BCUT2D eigenvalue weighted by molar-refractivity contribution is -0.120. The van der Waals surface area contributed by atoms with Crippen LogP contribution in [0, 0.1) is 5.82 Å². The molecule has 0 saturated carbocycles. The minimum Gasteiger partial charge on any atom is -0.356 e. The summed E-state index contributed by atoms with van der Waals surface area (Å²) in [7, 11) is 0. The van der Waals surface area contributed by atoms with E-state index in [2.05, 4.69) is 10.6 Å². The van der Waals surface area contributed by atoms with Crippen molar-refractivity contribution in [2.45, 2.75) is 19.8 Å². The summed E-state index contributed by atoms with van der Waals surface area (Å²) < 4.78 is 12.9. The fourth-order valence-corrected chi connectivity index (χ4v) is 1.51. The molecule has 17 heavy (non-hydrogen) atoms. The number of nitrogens with one attached hydrogen (secondary N) is 2. The van der Waals surface area contributed by atoms with Crippen LogP contribution in [0.5, 0.6) is 0 Å². The number of rotatable bonds is 7. The second-order valence-corrected chi connectivity index (χ2v) is 3.83. The molecular formula is C13H19FN2O. The molecule has 0 spiro atoms. The van der Waals surface area contributed by atoms with Gasteiger partial charge < -0.3 is 10.6 Å². The van der Waals surface area contributed by atoms with Crippen molar-refractivity contribution in [2.24, 2.45) is 0 Å². The van der Waals surface area contributed by atoms with E-state index in [0.717, 1.165) is 12.1 Å². The Bertz CT molecular complexity index is 355. The molecule has 4 heteroatoms. The number of hydrogen-bond donors (Lipinski definition) is 2. The highest BCUT2D eigenvalue weighted by molar-refractivity contribution is 5.76. The minimum absolute atomic E-state index is 0.0300. The van der Waals surface area contributed by atoms with Crippen molar-refractivity contribution < 1.29 is 9.18 Å². The molecule has 0 aliphatic carbocycles. The van der Waals surface area contributed by atoms with Crippen molar-refractivity contribution in [1.29, 1.82) is 0 Å². The average molecular weight is 238 g/mol. The first kappa shape index (κ1) is 13.6. The van der Waals surface area contributed by atoms with Gasteiger partial charge in [-0.1, -0.05) is 19.1 Å². The summed E-state index contributed by atoms with van der Waals surface area (Å²) in [6.45, 7) is 4.12. The van der Waals surface area contributed by atoms with Gasteiger partial charge in [0.25, 0.3) is 0 Å². The molecule has 0 aromatic heterocycles. The number of carbonyl (C=O) groups excluding carboxylic acids is 1. The van der Waals surface area contributed by atoms with Crippen LogP contribution in [0.1, 0.15) is 18.9 Å². The third-order valence-electron chi connectivity index (χ3n) is 2.40. The van der Waals surface area contributed by atoms with Crippen molar-refractivity contribution in [3.05, 3.63) is 35.6 Å². The van der Waals surface area contributed by atoms with Gasteiger partial charge in [-0.15, -0.1) is 0 Å². The van der Waals surface area contributed by atoms with E-state index in [0.29, 0.717) is 25.9 Å². The normalized spacial score (nSPS) is 10.2. The lowest BCUT2D eigenvalue weighted by Crippen LogP contribution is -2.29. The van der Waals surface area contributed by atoms with E-state index < -0.39 is 0 Å². The summed E-state index contributed by atoms with van der Waals surface area (Å²) in [6, 6.07) is 6.44. The minimum atomic E-state index is -0.235. The summed E-state index contributed by atoms with van der Waals surface area (Å²) in [4.78, 5) is 11.3. The molecule has 1 aromatic rings. The Labute approximate surface area is 101 Å². The van der Waals surface area contributed by atoms with E-state index in [1.165, 1.54) is 12.1 Å². The maximum atomic E-state index is 12.9. The molecule has 0 atom stereocenters. The topological polar surface area (TPSA) is 41.1 Å². The summed E-state index contributed by atoms with van der Waals surface area (Å²) in [5.41, 5.74) is 0.900. The van der Waals surface area contributed by atoms with Crippen LogP contribution in [-0.2, 0) is 11.2 Å². The molecule has 3 nitrogen and oxygen atoms in total. The van der Waals surface area contributed by atoms with Gasteiger partial charge in [-0.3, -0.25) is 4.79 Å². The molecule has 0 aliphatic heterocycles. The molecule has 0 radical (unpaired) electrons. The van der Waals surface area contributed by atoms with Crippen LogP contribution in [0.3, 0.4) is 0 Å². The monoisotopic (exact) mass is 238 g/mol. The summed E-state index contributed by atoms with van der Waals surface area (Å²) in [6.07, 6.45) is 1.14. The Morgan fingerprint density at radius 2 is 2.18 bits per heavy atom. The number of benzene rings is 1. The van der Waals surface area contributed by atoms with Crippen LogP contribution in [0.2, 0.25) is 0 Å². The highest BCUT2D eigenvalue weighted by Crippen LogP contribution is 2.03. The van der Waals surface area contributed by atoms with Gasteiger partial charge >= 0.3 is 0 Å². The van der Waals surface area contributed by atoms with E-state index in [1.54, 1.807) is 6.07 Å². The maximum absolute atomic E-state index is 12.9. The van der Waals surface area contributed by atoms with Crippen molar-refractivity contribution in [1.82, 2.24) is 10.6 Å². The number of carbonyl (C=O) groups is 1. The van der Waals surface area contributed by atoms with Gasteiger partial charge in [0.2, 0.25) is 5.91 Å².